The quantitative estimate of drug-likeness (QED) is 0.369. The third kappa shape index (κ3) is 8.25. The third-order valence-electron chi connectivity index (χ3n) is 1.15. The van der Waals surface area contributed by atoms with Gasteiger partial charge in [0.2, 0.25) is 0 Å². The zero-order valence-electron chi connectivity index (χ0n) is 6.50. The number of halogens is 1. The standard InChI is InChI=1S/C7H16ClN/c1-7(2,3)4-5-9-6-8/h9H,4-6H2,1-3H3. The fraction of sp³-hybridized carbons (Fsp3) is 1.00. The van der Waals surface area contributed by atoms with Gasteiger partial charge >= 0.3 is 0 Å². The van der Waals surface area contributed by atoms with Gasteiger partial charge in [-0.1, -0.05) is 20.8 Å². The Morgan fingerprint density at radius 3 is 2.22 bits per heavy atom. The van der Waals surface area contributed by atoms with Gasteiger partial charge in [0.25, 0.3) is 0 Å². The fourth-order valence-electron chi connectivity index (χ4n) is 0.530. The van der Waals surface area contributed by atoms with Gasteiger partial charge in [-0.3, -0.25) is 0 Å². The highest BCUT2D eigenvalue weighted by atomic mass is 35.5. The molecule has 0 aliphatic heterocycles. The SMILES string of the molecule is CC(C)(C)CCNCCl. The summed E-state index contributed by atoms with van der Waals surface area (Å²) in [4.78, 5) is 0. The van der Waals surface area contributed by atoms with Gasteiger partial charge in [-0.2, -0.15) is 0 Å². The van der Waals surface area contributed by atoms with E-state index in [9.17, 15) is 0 Å². The first-order chi connectivity index (χ1) is 4.06. The largest absolute Gasteiger partial charge is 0.304 e. The molecule has 0 aromatic carbocycles. The van der Waals surface area contributed by atoms with E-state index in [2.05, 4.69) is 26.1 Å². The van der Waals surface area contributed by atoms with Gasteiger partial charge < -0.3 is 5.32 Å². The average Bonchev–Trinajstić information content (AvgIpc) is 1.63. The van der Waals surface area contributed by atoms with Gasteiger partial charge in [0.05, 0.1) is 6.00 Å². The van der Waals surface area contributed by atoms with Gasteiger partial charge in [-0.25, -0.2) is 0 Å². The summed E-state index contributed by atoms with van der Waals surface area (Å²) in [5.74, 6) is 0. The number of hydrogen-bond acceptors (Lipinski definition) is 1. The van der Waals surface area contributed by atoms with Crippen molar-refractivity contribution in [3.63, 3.8) is 0 Å². The van der Waals surface area contributed by atoms with Crippen LogP contribution in [0.4, 0.5) is 0 Å². The van der Waals surface area contributed by atoms with Gasteiger partial charge in [0.1, 0.15) is 0 Å². The summed E-state index contributed by atoms with van der Waals surface area (Å²) in [5.41, 5.74) is 0.430. The van der Waals surface area contributed by atoms with E-state index in [1.807, 2.05) is 0 Å². The molecule has 0 fully saturated rings. The first kappa shape index (κ1) is 9.25. The van der Waals surface area contributed by atoms with Crippen LogP contribution < -0.4 is 5.32 Å². The minimum absolute atomic E-state index is 0.430. The maximum absolute atomic E-state index is 5.42. The van der Waals surface area contributed by atoms with E-state index in [0.717, 1.165) is 6.54 Å². The van der Waals surface area contributed by atoms with E-state index >= 15 is 0 Å². The number of nitrogens with one attached hydrogen (secondary N) is 1. The molecule has 0 aliphatic rings. The molecule has 1 N–H and O–H groups in total. The molecule has 0 atom stereocenters. The second-order valence-corrected chi connectivity index (χ2v) is 3.71. The number of alkyl halides is 1. The van der Waals surface area contributed by atoms with Crippen LogP contribution in [0.15, 0.2) is 0 Å². The summed E-state index contributed by atoms with van der Waals surface area (Å²) in [6, 6.07) is 0.566. The van der Waals surface area contributed by atoms with Crippen molar-refractivity contribution < 1.29 is 0 Å². The molecular formula is C7H16ClN. The molecule has 0 spiro atoms. The maximum Gasteiger partial charge on any atom is 0.0713 e. The molecule has 0 heterocycles. The Hall–Kier alpha value is 0.250. The van der Waals surface area contributed by atoms with Gasteiger partial charge in [-0.05, 0) is 18.4 Å². The van der Waals surface area contributed by atoms with Crippen molar-refractivity contribution in [1.29, 1.82) is 0 Å². The third-order valence-corrected chi connectivity index (χ3v) is 1.34. The van der Waals surface area contributed by atoms with Crippen molar-refractivity contribution in [3.05, 3.63) is 0 Å². The van der Waals surface area contributed by atoms with Crippen molar-refractivity contribution in [3.8, 4) is 0 Å². The summed E-state index contributed by atoms with van der Waals surface area (Å²) in [5, 5.41) is 3.07. The molecule has 56 valence electrons. The van der Waals surface area contributed by atoms with Gasteiger partial charge in [0.15, 0.2) is 0 Å². The Labute approximate surface area is 62.8 Å². The van der Waals surface area contributed by atoms with Crippen LogP contribution in [0.5, 0.6) is 0 Å². The van der Waals surface area contributed by atoms with Gasteiger partial charge in [0, 0.05) is 0 Å². The zero-order chi connectivity index (χ0) is 7.33. The van der Waals surface area contributed by atoms with E-state index < -0.39 is 0 Å². The molecule has 0 unspecified atom stereocenters. The first-order valence-electron chi connectivity index (χ1n) is 3.33. The molecule has 0 aromatic rings. The van der Waals surface area contributed by atoms with Crippen molar-refractivity contribution >= 4 is 11.6 Å². The van der Waals surface area contributed by atoms with E-state index in [1.165, 1.54) is 6.42 Å². The van der Waals surface area contributed by atoms with Crippen molar-refractivity contribution in [2.75, 3.05) is 12.5 Å². The lowest BCUT2D eigenvalue weighted by molar-refractivity contribution is 0.372. The lowest BCUT2D eigenvalue weighted by Crippen LogP contribution is -2.18. The normalized spacial score (nSPS) is 12.0. The van der Waals surface area contributed by atoms with Crippen LogP contribution in [-0.4, -0.2) is 12.5 Å². The minimum atomic E-state index is 0.430. The molecule has 1 nitrogen and oxygen atoms in total. The molecular weight excluding hydrogens is 134 g/mol. The highest BCUT2D eigenvalue weighted by Gasteiger charge is 2.07. The smallest absolute Gasteiger partial charge is 0.0713 e. The Morgan fingerprint density at radius 2 is 1.89 bits per heavy atom. The average molecular weight is 150 g/mol. The summed E-state index contributed by atoms with van der Waals surface area (Å²) < 4.78 is 0. The highest BCUT2D eigenvalue weighted by Crippen LogP contribution is 2.16. The van der Waals surface area contributed by atoms with Crippen LogP contribution in [0.3, 0.4) is 0 Å². The lowest BCUT2D eigenvalue weighted by atomic mass is 9.92. The van der Waals surface area contributed by atoms with Crippen molar-refractivity contribution in [2.45, 2.75) is 27.2 Å². The molecule has 0 saturated carbocycles. The zero-order valence-corrected chi connectivity index (χ0v) is 7.26. The van der Waals surface area contributed by atoms with Crippen LogP contribution in [0.25, 0.3) is 0 Å². The molecule has 0 amide bonds. The van der Waals surface area contributed by atoms with Crippen LogP contribution >= 0.6 is 11.6 Å². The second kappa shape index (κ2) is 4.13. The monoisotopic (exact) mass is 149 g/mol. The number of hydrogen-bond donors (Lipinski definition) is 1. The Bertz CT molecular complexity index is 65.8. The molecule has 0 saturated heterocycles. The second-order valence-electron chi connectivity index (χ2n) is 3.44. The van der Waals surface area contributed by atoms with Crippen molar-refractivity contribution in [2.24, 2.45) is 5.41 Å². The van der Waals surface area contributed by atoms with E-state index in [-0.39, 0.29) is 0 Å². The topological polar surface area (TPSA) is 12.0 Å². The predicted octanol–water partition coefficient (Wildman–Crippen LogP) is 2.21. The Balaban J connectivity index is 3.07. The minimum Gasteiger partial charge on any atom is -0.304 e. The van der Waals surface area contributed by atoms with E-state index in [1.54, 1.807) is 0 Å². The molecule has 2 heteroatoms. The molecule has 0 bridgehead atoms. The molecule has 0 radical (unpaired) electrons. The fourth-order valence-corrected chi connectivity index (χ4v) is 0.664. The summed E-state index contributed by atoms with van der Waals surface area (Å²) in [7, 11) is 0. The molecule has 0 aromatic heterocycles. The van der Waals surface area contributed by atoms with E-state index in [4.69, 9.17) is 11.6 Å². The van der Waals surface area contributed by atoms with Crippen LogP contribution in [0.2, 0.25) is 0 Å². The predicted molar refractivity (Wildman–Crippen MR) is 42.8 cm³/mol. The number of rotatable bonds is 3. The van der Waals surface area contributed by atoms with E-state index in [0.29, 0.717) is 11.4 Å². The Kier molecular flexibility index (Phi) is 4.24. The Morgan fingerprint density at radius 1 is 1.33 bits per heavy atom. The first-order valence-corrected chi connectivity index (χ1v) is 3.86. The summed E-state index contributed by atoms with van der Waals surface area (Å²) in [6.07, 6.45) is 1.18. The van der Waals surface area contributed by atoms with Gasteiger partial charge in [-0.15, -0.1) is 11.6 Å². The summed E-state index contributed by atoms with van der Waals surface area (Å²) in [6.45, 7) is 7.70. The highest BCUT2D eigenvalue weighted by molar-refractivity contribution is 6.17. The molecule has 0 rings (SSSR count). The molecule has 9 heavy (non-hydrogen) atoms. The van der Waals surface area contributed by atoms with Crippen LogP contribution in [0, 0.1) is 5.41 Å². The summed E-state index contributed by atoms with van der Waals surface area (Å²) >= 11 is 5.42. The van der Waals surface area contributed by atoms with Crippen LogP contribution in [-0.2, 0) is 0 Å². The van der Waals surface area contributed by atoms with Crippen molar-refractivity contribution in [1.82, 2.24) is 5.32 Å². The molecule has 0 aliphatic carbocycles. The maximum atomic E-state index is 5.42. The van der Waals surface area contributed by atoms with Crippen LogP contribution in [0.1, 0.15) is 27.2 Å². The lowest BCUT2D eigenvalue weighted by Gasteiger charge is -2.17.